The van der Waals surface area contributed by atoms with Gasteiger partial charge in [-0.3, -0.25) is 4.79 Å². The lowest BCUT2D eigenvalue weighted by Crippen LogP contribution is -2.26. The van der Waals surface area contributed by atoms with E-state index in [4.69, 9.17) is 39.5 Å². The van der Waals surface area contributed by atoms with Gasteiger partial charge < -0.3 is 14.6 Å². The van der Waals surface area contributed by atoms with Gasteiger partial charge in [0.25, 0.3) is 5.91 Å². The lowest BCUT2D eigenvalue weighted by atomic mass is 10.2. The van der Waals surface area contributed by atoms with Gasteiger partial charge >= 0.3 is 0 Å². The monoisotopic (exact) mass is 406 g/mol. The number of ether oxygens (including phenoxy) is 1. The first-order valence-corrected chi connectivity index (χ1v) is 9.12. The van der Waals surface area contributed by atoms with E-state index >= 15 is 0 Å². The number of sulfonamides is 1. The molecule has 0 fully saturated rings. The van der Waals surface area contributed by atoms with E-state index in [0.29, 0.717) is 10.7 Å². The molecule has 24 heavy (non-hydrogen) atoms. The van der Waals surface area contributed by atoms with Crippen LogP contribution in [-0.4, -0.2) is 17.1 Å². The summed E-state index contributed by atoms with van der Waals surface area (Å²) in [7, 11) is -4.00. The number of carbonyl (C=O) groups excluding carboxylic acids is 1. The van der Waals surface area contributed by atoms with E-state index in [0.717, 1.165) is 0 Å². The summed E-state index contributed by atoms with van der Waals surface area (Å²) >= 11 is 17.7. The van der Waals surface area contributed by atoms with Crippen LogP contribution in [0.25, 0.3) is 0 Å². The number of carbonyl (C=O) groups is 1. The highest BCUT2D eigenvalue weighted by atomic mass is 35.5. The molecule has 0 aromatic heterocycles. The maximum atomic E-state index is 12.6. The second-order valence-corrected chi connectivity index (χ2v) is 7.72. The van der Waals surface area contributed by atoms with E-state index in [1.54, 1.807) is 0 Å². The van der Waals surface area contributed by atoms with E-state index in [1.165, 1.54) is 30.3 Å². The number of hydrogen-bond donors (Lipinski definition) is 2. The molecule has 1 heterocycles. The predicted molar refractivity (Wildman–Crippen MR) is 92.8 cm³/mol. The maximum Gasteiger partial charge on any atom is 0.262 e. The average molecular weight is 408 g/mol. The van der Waals surface area contributed by atoms with E-state index in [-0.39, 0.29) is 38.9 Å². The summed E-state index contributed by atoms with van der Waals surface area (Å²) in [4.78, 5) is 11.1. The van der Waals surface area contributed by atoms with Gasteiger partial charge in [0, 0.05) is 6.07 Å². The summed E-state index contributed by atoms with van der Waals surface area (Å²) in [6.45, 7) is -0.200. The molecule has 1 aliphatic rings. The van der Waals surface area contributed by atoms with Crippen LogP contribution >= 0.6 is 34.8 Å². The first kappa shape index (κ1) is 17.3. The van der Waals surface area contributed by atoms with Crippen molar-refractivity contribution in [2.75, 3.05) is 16.6 Å². The van der Waals surface area contributed by atoms with Crippen LogP contribution in [-0.2, 0) is 19.4 Å². The number of benzene rings is 2. The highest BCUT2D eigenvalue weighted by Crippen LogP contribution is 2.38. The van der Waals surface area contributed by atoms with E-state index in [9.17, 15) is 13.6 Å². The number of anilines is 2. The molecule has 2 aromatic rings. The molecule has 126 valence electrons. The lowest BCUT2D eigenvalue weighted by molar-refractivity contribution is -0.118. The zero-order valence-corrected chi connectivity index (χ0v) is 14.9. The Labute approximate surface area is 153 Å². The first-order valence-electron chi connectivity index (χ1n) is 6.50. The summed E-state index contributed by atoms with van der Waals surface area (Å²) in [6, 6.07) is 6.88. The molecule has 0 bridgehead atoms. The van der Waals surface area contributed by atoms with Gasteiger partial charge in [-0.15, -0.1) is 0 Å². The SMILES string of the molecule is O=C1COc2cc([S+](=O)([O-])Nc3ccc(Cl)c(Cl)c3)c(Cl)cc2N1. The molecular formula is C14H9Cl3N2O4S. The number of amides is 1. The molecule has 6 nitrogen and oxygen atoms in total. The molecule has 3 rings (SSSR count). The number of fused-ring (bicyclic) bond motifs is 1. The van der Waals surface area contributed by atoms with Crippen LogP contribution in [0.5, 0.6) is 5.75 Å². The number of rotatable bonds is 3. The fourth-order valence-electron chi connectivity index (χ4n) is 2.06. The van der Waals surface area contributed by atoms with Crippen LogP contribution < -0.4 is 14.8 Å². The topological polar surface area (TPSA) is 90.5 Å². The normalized spacial score (nSPS) is 15.8. The Balaban J connectivity index is 1.96. The Kier molecular flexibility index (Phi) is 4.63. The minimum absolute atomic E-state index is 0.0629. The smallest absolute Gasteiger partial charge is 0.262 e. The van der Waals surface area contributed by atoms with Gasteiger partial charge in [-0.2, -0.15) is 0 Å². The predicted octanol–water partition coefficient (Wildman–Crippen LogP) is 3.99. The number of halogens is 3. The van der Waals surface area contributed by atoms with Crippen LogP contribution in [0, 0.1) is 0 Å². The molecule has 0 saturated carbocycles. The Bertz CT molecular complexity index is 891. The minimum Gasteiger partial charge on any atom is -0.588 e. The van der Waals surface area contributed by atoms with Gasteiger partial charge in [-0.25, -0.2) is 4.72 Å². The second kappa shape index (κ2) is 6.42. The zero-order valence-electron chi connectivity index (χ0n) is 11.8. The Hall–Kier alpha value is -1.51. The van der Waals surface area contributed by atoms with E-state index in [2.05, 4.69) is 10.0 Å². The fourth-order valence-corrected chi connectivity index (χ4v) is 3.95. The van der Waals surface area contributed by atoms with Gasteiger partial charge in [0.1, 0.15) is 10.8 Å². The lowest BCUT2D eigenvalue weighted by Gasteiger charge is -2.21. The molecule has 1 unspecified atom stereocenters. The average Bonchev–Trinajstić information content (AvgIpc) is 2.49. The van der Waals surface area contributed by atoms with Crippen molar-refractivity contribution in [1.29, 1.82) is 0 Å². The minimum atomic E-state index is -4.00. The zero-order chi connectivity index (χ0) is 17.5. The maximum absolute atomic E-state index is 12.6. The van der Waals surface area contributed by atoms with Gasteiger partial charge in [-0.05, 0) is 24.3 Å². The fraction of sp³-hybridized carbons (Fsp3) is 0.0714. The van der Waals surface area contributed by atoms with E-state index in [1.807, 2.05) is 0 Å². The molecule has 0 radical (unpaired) electrons. The Morgan fingerprint density at radius 1 is 1.12 bits per heavy atom. The van der Waals surface area contributed by atoms with Crippen LogP contribution in [0.4, 0.5) is 11.4 Å². The largest absolute Gasteiger partial charge is 0.588 e. The van der Waals surface area contributed by atoms with Crippen LogP contribution in [0.1, 0.15) is 0 Å². The van der Waals surface area contributed by atoms with Crippen molar-refractivity contribution in [3.05, 3.63) is 45.4 Å². The molecule has 0 spiro atoms. The molecular weight excluding hydrogens is 399 g/mol. The summed E-state index contributed by atoms with van der Waals surface area (Å²) in [5.41, 5.74) is 0.539. The third-order valence-corrected chi connectivity index (χ3v) is 5.71. The molecule has 0 saturated heterocycles. The van der Waals surface area contributed by atoms with Crippen LogP contribution in [0.2, 0.25) is 15.1 Å². The van der Waals surface area contributed by atoms with Gasteiger partial charge in [0.05, 0.1) is 21.4 Å². The standard InChI is InChI=1S/C14H9Cl3N2O4S/c15-8-2-1-7(3-9(8)16)19-24(21,22)13-5-12-11(4-10(13)17)18-14(20)6-23-12/h1-5H,6H2,(H2-,18,19,20,21,22). The van der Waals surface area contributed by atoms with Crippen molar-refractivity contribution in [3.63, 3.8) is 0 Å². The molecule has 2 N–H and O–H groups in total. The summed E-state index contributed by atoms with van der Waals surface area (Å²) in [5, 5.41) is 2.99. The quantitative estimate of drug-likeness (QED) is 0.753. The summed E-state index contributed by atoms with van der Waals surface area (Å²) < 4.78 is 32.7. The third-order valence-electron chi connectivity index (χ3n) is 3.13. The highest BCUT2D eigenvalue weighted by Gasteiger charge is 2.28. The molecule has 1 amide bonds. The van der Waals surface area contributed by atoms with Crippen LogP contribution in [0.15, 0.2) is 35.2 Å². The van der Waals surface area contributed by atoms with Crippen molar-refractivity contribution in [2.45, 2.75) is 4.90 Å². The first-order chi connectivity index (χ1) is 11.3. The van der Waals surface area contributed by atoms with E-state index < -0.39 is 10.4 Å². The number of nitrogens with one attached hydrogen (secondary N) is 2. The Morgan fingerprint density at radius 2 is 1.88 bits per heavy atom. The van der Waals surface area contributed by atoms with Crippen molar-refractivity contribution < 1.29 is 18.3 Å². The molecule has 1 atom stereocenters. The molecule has 1 aliphatic heterocycles. The number of hydrogen-bond acceptors (Lipinski definition) is 4. The Morgan fingerprint density at radius 3 is 2.58 bits per heavy atom. The van der Waals surface area contributed by atoms with Crippen LogP contribution in [0.3, 0.4) is 0 Å². The molecule has 2 aromatic carbocycles. The highest BCUT2D eigenvalue weighted by molar-refractivity contribution is 7.99. The summed E-state index contributed by atoms with van der Waals surface area (Å²) in [6.07, 6.45) is 0. The van der Waals surface area contributed by atoms with Crippen molar-refractivity contribution in [2.24, 2.45) is 0 Å². The second-order valence-electron chi connectivity index (χ2n) is 4.85. The molecule has 10 heteroatoms. The third kappa shape index (κ3) is 3.45. The molecule has 0 aliphatic carbocycles. The van der Waals surface area contributed by atoms with Crippen molar-refractivity contribution >= 4 is 62.5 Å². The van der Waals surface area contributed by atoms with Crippen molar-refractivity contribution in [3.8, 4) is 5.75 Å². The van der Waals surface area contributed by atoms with Gasteiger partial charge in [0.2, 0.25) is 4.90 Å². The van der Waals surface area contributed by atoms with Gasteiger partial charge in [-0.1, -0.05) is 39.0 Å². The summed E-state index contributed by atoms with van der Waals surface area (Å²) in [5.74, 6) is -0.128. The van der Waals surface area contributed by atoms with Crippen molar-refractivity contribution in [1.82, 2.24) is 0 Å². The van der Waals surface area contributed by atoms with Gasteiger partial charge in [0.15, 0.2) is 17.0 Å².